The zero-order valence-corrected chi connectivity index (χ0v) is 16.9. The Balaban J connectivity index is 1.66. The summed E-state index contributed by atoms with van der Waals surface area (Å²) in [6.45, 7) is 4.21. The van der Waals surface area contributed by atoms with Gasteiger partial charge in [-0.05, 0) is 48.2 Å². The molecular formula is C22H20ClN5O. The predicted octanol–water partition coefficient (Wildman–Crippen LogP) is 5.30. The fraction of sp³-hybridized carbons (Fsp3) is 0.227. The van der Waals surface area contributed by atoms with Gasteiger partial charge in [0, 0.05) is 17.1 Å². The van der Waals surface area contributed by atoms with Crippen molar-refractivity contribution in [3.8, 4) is 5.95 Å². The lowest BCUT2D eigenvalue weighted by Crippen LogP contribution is -2.28. The van der Waals surface area contributed by atoms with Crippen LogP contribution in [0.2, 0.25) is 5.02 Å². The maximum absolute atomic E-state index is 13.0. The van der Waals surface area contributed by atoms with Crippen molar-refractivity contribution in [1.82, 2.24) is 19.7 Å². The number of anilines is 2. The van der Waals surface area contributed by atoms with Gasteiger partial charge in [0.25, 0.3) is 0 Å². The third-order valence-corrected chi connectivity index (χ3v) is 5.48. The van der Waals surface area contributed by atoms with Crippen molar-refractivity contribution in [2.45, 2.75) is 26.7 Å². The smallest absolute Gasteiger partial charge is 0.229 e. The summed E-state index contributed by atoms with van der Waals surface area (Å²) in [6.07, 6.45) is 1.22. The molecule has 4 aromatic rings. The van der Waals surface area contributed by atoms with Crippen LogP contribution in [0, 0.1) is 5.41 Å². The minimum Gasteiger partial charge on any atom is -0.338 e. The molecule has 146 valence electrons. The monoisotopic (exact) mass is 405 g/mol. The van der Waals surface area contributed by atoms with Crippen LogP contribution >= 0.6 is 11.6 Å². The zero-order valence-electron chi connectivity index (χ0n) is 16.2. The number of Topliss-reactive ketones (excluding diaryl/α,β-unsaturated/α-hetero) is 1. The quantitative estimate of drug-likeness (QED) is 0.485. The summed E-state index contributed by atoms with van der Waals surface area (Å²) in [4.78, 5) is 21.0. The Labute approximate surface area is 172 Å². The average molecular weight is 406 g/mol. The average Bonchev–Trinajstić information content (AvgIpc) is 3.24. The molecule has 2 aromatic heterocycles. The molecule has 0 bridgehead atoms. The number of carbonyl (C=O) groups excluding carboxylic acids is 1. The molecule has 1 aliphatic rings. The maximum atomic E-state index is 13.0. The molecule has 2 heterocycles. The third kappa shape index (κ3) is 3.19. The summed E-state index contributed by atoms with van der Waals surface area (Å²) >= 11 is 5.99. The second-order valence-electron chi connectivity index (χ2n) is 8.23. The lowest BCUT2D eigenvalue weighted by Gasteiger charge is -2.28. The number of nitrogens with zero attached hydrogens (tertiary/aromatic N) is 3. The Hall–Kier alpha value is -3.12. The Bertz CT molecular complexity index is 1200. The van der Waals surface area contributed by atoms with Crippen molar-refractivity contribution >= 4 is 39.9 Å². The van der Waals surface area contributed by atoms with Crippen molar-refractivity contribution < 1.29 is 4.79 Å². The SMILES string of the molecule is CC1(C)CC(=O)c2c(Nc3ccc(Cl)cc3)nn(-c3nc4ccccc4[nH]3)c2C1. The summed E-state index contributed by atoms with van der Waals surface area (Å²) in [5.41, 5.74) is 4.00. The van der Waals surface area contributed by atoms with E-state index in [1.54, 1.807) is 16.8 Å². The van der Waals surface area contributed by atoms with E-state index in [0.29, 0.717) is 28.8 Å². The molecule has 0 spiro atoms. The Morgan fingerprint density at radius 2 is 1.86 bits per heavy atom. The molecule has 0 atom stereocenters. The van der Waals surface area contributed by atoms with Crippen LogP contribution in [0.15, 0.2) is 48.5 Å². The van der Waals surface area contributed by atoms with Crippen molar-refractivity contribution in [1.29, 1.82) is 0 Å². The highest BCUT2D eigenvalue weighted by Gasteiger charge is 2.37. The van der Waals surface area contributed by atoms with Gasteiger partial charge in [0.15, 0.2) is 11.6 Å². The van der Waals surface area contributed by atoms with E-state index in [9.17, 15) is 4.79 Å². The number of benzene rings is 2. The summed E-state index contributed by atoms with van der Waals surface area (Å²) in [5, 5.41) is 8.69. The van der Waals surface area contributed by atoms with Crippen molar-refractivity contribution in [3.63, 3.8) is 0 Å². The molecule has 0 aliphatic heterocycles. The number of aromatic amines is 1. The maximum Gasteiger partial charge on any atom is 0.229 e. The Morgan fingerprint density at radius 3 is 2.62 bits per heavy atom. The minimum atomic E-state index is -0.134. The van der Waals surface area contributed by atoms with Crippen LogP contribution in [-0.2, 0) is 6.42 Å². The second kappa shape index (κ2) is 6.46. The van der Waals surface area contributed by atoms with Gasteiger partial charge in [-0.3, -0.25) is 4.79 Å². The molecule has 0 radical (unpaired) electrons. The van der Waals surface area contributed by atoms with Crippen LogP contribution < -0.4 is 5.32 Å². The molecule has 0 amide bonds. The lowest BCUT2D eigenvalue weighted by molar-refractivity contribution is 0.0912. The number of fused-ring (bicyclic) bond motifs is 2. The molecule has 0 unspecified atom stereocenters. The number of halogens is 1. The van der Waals surface area contributed by atoms with Crippen molar-refractivity contribution in [3.05, 3.63) is 64.8 Å². The first-order valence-corrected chi connectivity index (χ1v) is 9.90. The van der Waals surface area contributed by atoms with Gasteiger partial charge >= 0.3 is 0 Å². The first-order chi connectivity index (χ1) is 13.9. The summed E-state index contributed by atoms with van der Waals surface area (Å²) < 4.78 is 1.77. The largest absolute Gasteiger partial charge is 0.338 e. The van der Waals surface area contributed by atoms with E-state index < -0.39 is 0 Å². The van der Waals surface area contributed by atoms with E-state index in [1.807, 2.05) is 36.4 Å². The van der Waals surface area contributed by atoms with E-state index in [4.69, 9.17) is 16.7 Å². The van der Waals surface area contributed by atoms with Gasteiger partial charge < -0.3 is 10.3 Å². The van der Waals surface area contributed by atoms with Crippen LogP contribution in [0.1, 0.15) is 36.3 Å². The summed E-state index contributed by atoms with van der Waals surface area (Å²) in [5.74, 6) is 1.25. The topological polar surface area (TPSA) is 75.6 Å². The molecule has 7 heteroatoms. The van der Waals surface area contributed by atoms with E-state index >= 15 is 0 Å². The van der Waals surface area contributed by atoms with Crippen LogP contribution in [0.3, 0.4) is 0 Å². The van der Waals surface area contributed by atoms with Gasteiger partial charge in [0.2, 0.25) is 5.95 Å². The first-order valence-electron chi connectivity index (χ1n) is 9.52. The number of imidazole rings is 1. The van der Waals surface area contributed by atoms with Crippen LogP contribution in [-0.4, -0.2) is 25.5 Å². The van der Waals surface area contributed by atoms with Gasteiger partial charge in [-0.25, -0.2) is 9.67 Å². The zero-order chi connectivity index (χ0) is 20.2. The van der Waals surface area contributed by atoms with Crippen LogP contribution in [0.4, 0.5) is 11.5 Å². The molecule has 29 heavy (non-hydrogen) atoms. The van der Waals surface area contributed by atoms with E-state index in [2.05, 4.69) is 29.1 Å². The van der Waals surface area contributed by atoms with Crippen molar-refractivity contribution in [2.24, 2.45) is 5.41 Å². The number of para-hydroxylation sites is 2. The Kier molecular flexibility index (Phi) is 3.99. The molecule has 0 fully saturated rings. The number of aromatic nitrogens is 4. The molecule has 2 aromatic carbocycles. The number of hydrogen-bond donors (Lipinski definition) is 2. The normalized spacial score (nSPS) is 15.5. The second-order valence-corrected chi connectivity index (χ2v) is 8.67. The highest BCUT2D eigenvalue weighted by Crippen LogP contribution is 2.39. The first kappa shape index (κ1) is 17.9. The molecule has 2 N–H and O–H groups in total. The number of carbonyl (C=O) groups is 1. The van der Waals surface area contributed by atoms with Gasteiger partial charge in [0.1, 0.15) is 0 Å². The van der Waals surface area contributed by atoms with E-state index in [-0.39, 0.29) is 11.2 Å². The molecule has 6 nitrogen and oxygen atoms in total. The predicted molar refractivity (Wildman–Crippen MR) is 114 cm³/mol. The van der Waals surface area contributed by atoms with Crippen LogP contribution in [0.5, 0.6) is 0 Å². The van der Waals surface area contributed by atoms with E-state index in [1.165, 1.54) is 0 Å². The van der Waals surface area contributed by atoms with Gasteiger partial charge in [-0.1, -0.05) is 37.6 Å². The molecular weight excluding hydrogens is 386 g/mol. The molecule has 1 aliphatic carbocycles. The van der Waals surface area contributed by atoms with Gasteiger partial charge in [0.05, 0.1) is 22.3 Å². The summed E-state index contributed by atoms with van der Waals surface area (Å²) in [7, 11) is 0. The standard InChI is InChI=1S/C22H20ClN5O/c1-22(2)11-17-19(18(29)12-22)20(24-14-9-7-13(23)8-10-14)27-28(17)21-25-15-5-3-4-6-16(15)26-21/h3-10H,11-12H2,1-2H3,(H,24,27)(H,25,26). The number of H-pyrrole nitrogens is 1. The van der Waals surface area contributed by atoms with Gasteiger partial charge in [-0.2, -0.15) is 0 Å². The Morgan fingerprint density at radius 1 is 1.10 bits per heavy atom. The molecule has 0 saturated heterocycles. The minimum absolute atomic E-state index is 0.0927. The third-order valence-electron chi connectivity index (χ3n) is 5.23. The number of nitrogens with one attached hydrogen (secondary N) is 2. The fourth-order valence-corrected chi connectivity index (χ4v) is 4.05. The lowest BCUT2D eigenvalue weighted by atomic mass is 9.76. The highest BCUT2D eigenvalue weighted by atomic mass is 35.5. The van der Waals surface area contributed by atoms with Crippen LogP contribution in [0.25, 0.3) is 17.0 Å². The highest BCUT2D eigenvalue weighted by molar-refractivity contribution is 6.30. The van der Waals surface area contributed by atoms with Gasteiger partial charge in [-0.15, -0.1) is 5.10 Å². The number of ketones is 1. The number of rotatable bonds is 3. The van der Waals surface area contributed by atoms with E-state index in [0.717, 1.165) is 28.8 Å². The molecule has 0 saturated carbocycles. The van der Waals surface area contributed by atoms with Crippen molar-refractivity contribution in [2.75, 3.05) is 5.32 Å². The molecule has 5 rings (SSSR count). The summed E-state index contributed by atoms with van der Waals surface area (Å²) in [6, 6.07) is 15.2. The number of hydrogen-bond acceptors (Lipinski definition) is 4. The fourth-order valence-electron chi connectivity index (χ4n) is 3.92.